The number of aryl methyl sites for hydroxylation is 3. The van der Waals surface area contributed by atoms with E-state index in [1.165, 1.54) is 11.3 Å². The van der Waals surface area contributed by atoms with E-state index in [9.17, 15) is 0 Å². The molecule has 3 aromatic rings. The number of fused-ring (bicyclic) bond motifs is 1. The van der Waals surface area contributed by atoms with Gasteiger partial charge in [-0.1, -0.05) is 11.3 Å². The SMILES string of the molecule is Cc1cc(-c2nnc(Br)s2)c2c(C)nn(C)c2n1. The Kier molecular flexibility index (Phi) is 2.67. The molecule has 0 saturated heterocycles. The number of hydrogen-bond acceptors (Lipinski definition) is 5. The molecule has 0 atom stereocenters. The molecule has 0 aliphatic heterocycles. The van der Waals surface area contributed by atoms with Gasteiger partial charge in [0.05, 0.1) is 11.1 Å². The molecule has 0 fully saturated rings. The van der Waals surface area contributed by atoms with Gasteiger partial charge in [-0.25, -0.2) is 4.98 Å². The van der Waals surface area contributed by atoms with Gasteiger partial charge in [0.15, 0.2) is 9.56 Å². The van der Waals surface area contributed by atoms with Crippen molar-refractivity contribution >= 4 is 38.3 Å². The highest BCUT2D eigenvalue weighted by Gasteiger charge is 2.16. The molecule has 0 N–H and O–H groups in total. The summed E-state index contributed by atoms with van der Waals surface area (Å²) >= 11 is 4.86. The van der Waals surface area contributed by atoms with Gasteiger partial charge in [0.2, 0.25) is 0 Å². The number of aromatic nitrogens is 5. The number of halogens is 1. The molecule has 0 saturated carbocycles. The van der Waals surface area contributed by atoms with E-state index in [0.29, 0.717) is 0 Å². The summed E-state index contributed by atoms with van der Waals surface area (Å²) in [5, 5.41) is 14.5. The molecule has 5 nitrogen and oxygen atoms in total. The van der Waals surface area contributed by atoms with Crippen molar-refractivity contribution in [3.05, 3.63) is 21.4 Å². The van der Waals surface area contributed by atoms with Crippen LogP contribution in [0.4, 0.5) is 0 Å². The first kappa shape index (κ1) is 11.7. The van der Waals surface area contributed by atoms with Crippen molar-refractivity contribution in [3.63, 3.8) is 0 Å². The van der Waals surface area contributed by atoms with E-state index >= 15 is 0 Å². The third-order valence-corrected chi connectivity index (χ3v) is 4.12. The second-order valence-electron chi connectivity index (χ2n) is 4.08. The molecule has 0 aromatic carbocycles. The highest BCUT2D eigenvalue weighted by Crippen LogP contribution is 2.33. The maximum Gasteiger partial charge on any atom is 0.183 e. The van der Waals surface area contributed by atoms with Gasteiger partial charge in [0.1, 0.15) is 5.01 Å². The minimum absolute atomic E-state index is 0.779. The monoisotopic (exact) mass is 323 g/mol. The van der Waals surface area contributed by atoms with Crippen LogP contribution in [0, 0.1) is 13.8 Å². The summed E-state index contributed by atoms with van der Waals surface area (Å²) in [6.45, 7) is 3.96. The average molecular weight is 324 g/mol. The number of nitrogens with zero attached hydrogens (tertiary/aromatic N) is 5. The van der Waals surface area contributed by atoms with Gasteiger partial charge in [0.25, 0.3) is 0 Å². The molecule has 3 aromatic heterocycles. The number of hydrogen-bond donors (Lipinski definition) is 0. The molecule has 0 bridgehead atoms. The third-order valence-electron chi connectivity index (χ3n) is 2.73. The summed E-state index contributed by atoms with van der Waals surface area (Å²) in [5.74, 6) is 0. The number of pyridine rings is 1. The lowest BCUT2D eigenvalue weighted by molar-refractivity contribution is 0.772. The zero-order valence-corrected chi connectivity index (χ0v) is 12.5. The van der Waals surface area contributed by atoms with Crippen LogP contribution in [-0.2, 0) is 7.05 Å². The highest BCUT2D eigenvalue weighted by molar-refractivity contribution is 9.11. The zero-order chi connectivity index (χ0) is 12.9. The Balaban J connectivity index is 2.41. The second-order valence-corrected chi connectivity index (χ2v) is 6.33. The fraction of sp³-hybridized carbons (Fsp3) is 0.273. The Morgan fingerprint density at radius 1 is 1.28 bits per heavy atom. The van der Waals surface area contributed by atoms with Gasteiger partial charge < -0.3 is 0 Å². The van der Waals surface area contributed by atoms with Crippen molar-refractivity contribution in [2.45, 2.75) is 13.8 Å². The van der Waals surface area contributed by atoms with E-state index in [2.05, 4.69) is 36.2 Å². The van der Waals surface area contributed by atoms with E-state index in [1.54, 1.807) is 4.68 Å². The van der Waals surface area contributed by atoms with Crippen LogP contribution in [0.5, 0.6) is 0 Å². The number of rotatable bonds is 1. The Labute approximate surface area is 116 Å². The van der Waals surface area contributed by atoms with Crippen LogP contribution in [0.1, 0.15) is 11.4 Å². The van der Waals surface area contributed by atoms with Crippen LogP contribution >= 0.6 is 27.3 Å². The predicted octanol–water partition coefficient (Wildman–Crippen LogP) is 2.87. The van der Waals surface area contributed by atoms with E-state index in [1.807, 2.05) is 27.0 Å². The molecule has 92 valence electrons. The molecule has 3 rings (SSSR count). The lowest BCUT2D eigenvalue weighted by Crippen LogP contribution is -1.94. The Hall–Kier alpha value is -1.34. The summed E-state index contributed by atoms with van der Waals surface area (Å²) < 4.78 is 2.58. The van der Waals surface area contributed by atoms with Crippen LogP contribution in [0.3, 0.4) is 0 Å². The maximum atomic E-state index is 4.53. The van der Waals surface area contributed by atoms with E-state index < -0.39 is 0 Å². The summed E-state index contributed by atoms with van der Waals surface area (Å²) in [5.41, 5.74) is 3.84. The largest absolute Gasteiger partial charge is 0.250 e. The molecule has 0 unspecified atom stereocenters. The average Bonchev–Trinajstić information content (AvgIpc) is 2.84. The topological polar surface area (TPSA) is 56.5 Å². The van der Waals surface area contributed by atoms with E-state index in [-0.39, 0.29) is 0 Å². The Morgan fingerprint density at radius 3 is 2.72 bits per heavy atom. The molecular formula is C11H10BrN5S. The molecule has 3 heterocycles. The Morgan fingerprint density at radius 2 is 2.06 bits per heavy atom. The van der Waals surface area contributed by atoms with Crippen molar-refractivity contribution in [1.29, 1.82) is 0 Å². The van der Waals surface area contributed by atoms with Gasteiger partial charge in [0, 0.05) is 18.3 Å². The van der Waals surface area contributed by atoms with Crippen LogP contribution in [-0.4, -0.2) is 25.0 Å². The first-order valence-corrected chi connectivity index (χ1v) is 6.97. The summed E-state index contributed by atoms with van der Waals surface area (Å²) in [7, 11) is 1.90. The Bertz CT molecular complexity index is 745. The normalized spacial score (nSPS) is 11.3. The molecule has 0 aliphatic carbocycles. The van der Waals surface area contributed by atoms with Gasteiger partial charge in [-0.2, -0.15) is 5.10 Å². The van der Waals surface area contributed by atoms with Crippen molar-refractivity contribution in [2.24, 2.45) is 7.05 Å². The fourth-order valence-electron chi connectivity index (χ4n) is 2.05. The van der Waals surface area contributed by atoms with Gasteiger partial charge in [-0.05, 0) is 35.8 Å². The van der Waals surface area contributed by atoms with Gasteiger partial charge >= 0.3 is 0 Å². The quantitative estimate of drug-likeness (QED) is 0.691. The minimum Gasteiger partial charge on any atom is -0.250 e. The second kappa shape index (κ2) is 4.10. The predicted molar refractivity (Wildman–Crippen MR) is 74.6 cm³/mol. The van der Waals surface area contributed by atoms with Crippen LogP contribution in [0.2, 0.25) is 0 Å². The standard InChI is InChI=1S/C11H10BrN5S/c1-5-4-7(10-14-15-11(12)18-10)8-6(2)16-17(3)9(8)13-5/h4H,1-3H3. The molecule has 0 aliphatic rings. The summed E-state index contributed by atoms with van der Waals surface area (Å²) in [4.78, 5) is 4.53. The van der Waals surface area contributed by atoms with E-state index in [4.69, 9.17) is 0 Å². The molecule has 18 heavy (non-hydrogen) atoms. The van der Waals surface area contributed by atoms with Gasteiger partial charge in [-0.3, -0.25) is 4.68 Å². The third kappa shape index (κ3) is 1.74. The van der Waals surface area contributed by atoms with Crippen LogP contribution in [0.15, 0.2) is 9.98 Å². The molecule has 0 spiro atoms. The first-order chi connectivity index (χ1) is 8.56. The molecule has 0 amide bonds. The first-order valence-electron chi connectivity index (χ1n) is 5.36. The minimum atomic E-state index is 0.779. The fourth-order valence-corrected chi connectivity index (χ4v) is 3.19. The summed E-state index contributed by atoms with van der Waals surface area (Å²) in [6, 6.07) is 2.03. The van der Waals surface area contributed by atoms with Crippen molar-refractivity contribution in [2.75, 3.05) is 0 Å². The van der Waals surface area contributed by atoms with Crippen LogP contribution < -0.4 is 0 Å². The van der Waals surface area contributed by atoms with Gasteiger partial charge in [-0.15, -0.1) is 10.2 Å². The molecule has 7 heteroatoms. The molecular weight excluding hydrogens is 314 g/mol. The van der Waals surface area contributed by atoms with Crippen LogP contribution in [0.25, 0.3) is 21.6 Å². The van der Waals surface area contributed by atoms with Crippen molar-refractivity contribution < 1.29 is 0 Å². The zero-order valence-electron chi connectivity index (χ0n) is 10.1. The van der Waals surface area contributed by atoms with E-state index in [0.717, 1.165) is 36.9 Å². The molecule has 0 radical (unpaired) electrons. The highest BCUT2D eigenvalue weighted by atomic mass is 79.9. The van der Waals surface area contributed by atoms with Crippen molar-refractivity contribution in [3.8, 4) is 10.6 Å². The van der Waals surface area contributed by atoms with Crippen molar-refractivity contribution in [1.82, 2.24) is 25.0 Å². The lowest BCUT2D eigenvalue weighted by Gasteiger charge is -2.01. The summed E-state index contributed by atoms with van der Waals surface area (Å²) in [6.07, 6.45) is 0. The lowest BCUT2D eigenvalue weighted by atomic mass is 10.1. The smallest absolute Gasteiger partial charge is 0.183 e. The maximum absolute atomic E-state index is 4.53.